The van der Waals surface area contributed by atoms with E-state index >= 15 is 0 Å². The van der Waals surface area contributed by atoms with Gasteiger partial charge in [-0.3, -0.25) is 10.1 Å². The summed E-state index contributed by atoms with van der Waals surface area (Å²) in [5, 5.41) is 20.8. The van der Waals surface area contributed by atoms with Crippen LogP contribution in [0.5, 0.6) is 0 Å². The van der Waals surface area contributed by atoms with Gasteiger partial charge in [0.05, 0.1) is 11.0 Å². The van der Waals surface area contributed by atoms with Gasteiger partial charge in [-0.25, -0.2) is 0 Å². The standard InChI is InChI=1S/C15H16N2O3/c1-11(18)12-8-9-14(15(10-12)17(19)20)16(2)13-6-4-3-5-7-13/h3-11,18H,1-2H3/t11-/m1/s1. The Hall–Kier alpha value is -2.40. The second kappa shape index (κ2) is 5.71. The molecule has 5 heteroatoms. The molecule has 0 saturated carbocycles. The van der Waals surface area contributed by atoms with Gasteiger partial charge in [0.25, 0.3) is 5.69 Å². The summed E-state index contributed by atoms with van der Waals surface area (Å²) in [6, 6.07) is 14.2. The normalized spacial score (nSPS) is 11.9. The maximum absolute atomic E-state index is 11.2. The van der Waals surface area contributed by atoms with Crippen LogP contribution in [0, 0.1) is 10.1 Å². The largest absolute Gasteiger partial charge is 0.389 e. The van der Waals surface area contributed by atoms with Gasteiger partial charge in [0.1, 0.15) is 5.69 Å². The lowest BCUT2D eigenvalue weighted by Crippen LogP contribution is -2.11. The van der Waals surface area contributed by atoms with Crippen LogP contribution in [0.2, 0.25) is 0 Å². The van der Waals surface area contributed by atoms with Crippen molar-refractivity contribution in [3.8, 4) is 0 Å². The van der Waals surface area contributed by atoms with E-state index in [1.165, 1.54) is 6.07 Å². The van der Waals surface area contributed by atoms with Crippen LogP contribution in [0.4, 0.5) is 17.1 Å². The second-order valence-corrected chi connectivity index (χ2v) is 4.58. The molecule has 5 nitrogen and oxygen atoms in total. The Bertz CT molecular complexity index is 612. The van der Waals surface area contributed by atoms with Crippen LogP contribution in [0.1, 0.15) is 18.6 Å². The lowest BCUT2D eigenvalue weighted by atomic mass is 10.1. The number of para-hydroxylation sites is 1. The third-order valence-corrected chi connectivity index (χ3v) is 3.18. The number of nitro benzene ring substituents is 1. The average molecular weight is 272 g/mol. The predicted octanol–water partition coefficient (Wildman–Crippen LogP) is 3.42. The van der Waals surface area contributed by atoms with E-state index in [1.54, 1.807) is 31.0 Å². The Morgan fingerprint density at radius 1 is 1.20 bits per heavy atom. The van der Waals surface area contributed by atoms with Crippen molar-refractivity contribution >= 4 is 17.1 Å². The predicted molar refractivity (Wildman–Crippen MR) is 78.2 cm³/mol. The number of hydrogen-bond donors (Lipinski definition) is 1. The molecular weight excluding hydrogens is 256 g/mol. The molecule has 0 aliphatic carbocycles. The molecule has 2 aromatic rings. The molecule has 0 spiro atoms. The lowest BCUT2D eigenvalue weighted by molar-refractivity contribution is -0.384. The summed E-state index contributed by atoms with van der Waals surface area (Å²) in [5.41, 5.74) is 1.86. The minimum Gasteiger partial charge on any atom is -0.389 e. The van der Waals surface area contributed by atoms with Crippen LogP contribution < -0.4 is 4.90 Å². The van der Waals surface area contributed by atoms with Crippen molar-refractivity contribution in [2.24, 2.45) is 0 Å². The lowest BCUT2D eigenvalue weighted by Gasteiger charge is -2.20. The Balaban J connectivity index is 2.48. The zero-order valence-corrected chi connectivity index (χ0v) is 11.4. The van der Waals surface area contributed by atoms with Crippen LogP contribution in [0.15, 0.2) is 48.5 Å². The summed E-state index contributed by atoms with van der Waals surface area (Å²) in [7, 11) is 1.78. The van der Waals surface area contributed by atoms with E-state index in [0.717, 1.165) is 5.69 Å². The summed E-state index contributed by atoms with van der Waals surface area (Å²) in [6.07, 6.45) is -0.732. The highest BCUT2D eigenvalue weighted by Gasteiger charge is 2.19. The van der Waals surface area contributed by atoms with Gasteiger partial charge in [-0.1, -0.05) is 24.3 Å². The second-order valence-electron chi connectivity index (χ2n) is 4.58. The third-order valence-electron chi connectivity index (χ3n) is 3.18. The first-order valence-electron chi connectivity index (χ1n) is 6.26. The molecule has 104 valence electrons. The molecule has 0 aliphatic rings. The van der Waals surface area contributed by atoms with Gasteiger partial charge in [0.2, 0.25) is 0 Å². The number of hydrogen-bond acceptors (Lipinski definition) is 4. The molecule has 0 saturated heterocycles. The third kappa shape index (κ3) is 2.78. The molecule has 2 rings (SSSR count). The van der Waals surface area contributed by atoms with Crippen molar-refractivity contribution in [2.75, 3.05) is 11.9 Å². The first kappa shape index (κ1) is 14.0. The Morgan fingerprint density at radius 3 is 2.40 bits per heavy atom. The van der Waals surface area contributed by atoms with Crippen LogP contribution in [-0.4, -0.2) is 17.1 Å². The Labute approximate surface area is 117 Å². The fraction of sp³-hybridized carbons (Fsp3) is 0.200. The molecule has 1 N–H and O–H groups in total. The maximum Gasteiger partial charge on any atom is 0.293 e. The number of nitrogens with zero attached hydrogens (tertiary/aromatic N) is 2. The fourth-order valence-electron chi connectivity index (χ4n) is 2.02. The first-order chi connectivity index (χ1) is 9.50. The maximum atomic E-state index is 11.2. The molecule has 20 heavy (non-hydrogen) atoms. The molecule has 0 aliphatic heterocycles. The van der Waals surface area contributed by atoms with Gasteiger partial charge in [0, 0.05) is 18.8 Å². The highest BCUT2D eigenvalue weighted by molar-refractivity contribution is 5.72. The number of rotatable bonds is 4. The van der Waals surface area contributed by atoms with Gasteiger partial charge >= 0.3 is 0 Å². The average Bonchev–Trinajstić information content (AvgIpc) is 2.46. The van der Waals surface area contributed by atoms with E-state index in [1.807, 2.05) is 30.3 Å². The molecule has 0 heterocycles. The van der Waals surface area contributed by atoms with Gasteiger partial charge in [-0.05, 0) is 30.7 Å². The monoisotopic (exact) mass is 272 g/mol. The van der Waals surface area contributed by atoms with E-state index in [-0.39, 0.29) is 5.69 Å². The highest BCUT2D eigenvalue weighted by atomic mass is 16.6. The number of nitro groups is 1. The van der Waals surface area contributed by atoms with Gasteiger partial charge in [-0.15, -0.1) is 0 Å². The Kier molecular flexibility index (Phi) is 4.00. The summed E-state index contributed by atoms with van der Waals surface area (Å²) >= 11 is 0. The SMILES string of the molecule is C[C@@H](O)c1ccc(N(C)c2ccccc2)c([N+](=O)[O-])c1. The highest BCUT2D eigenvalue weighted by Crippen LogP contribution is 2.34. The van der Waals surface area contributed by atoms with E-state index in [9.17, 15) is 15.2 Å². The molecule has 0 radical (unpaired) electrons. The molecule has 0 fully saturated rings. The van der Waals surface area contributed by atoms with Gasteiger partial charge in [0.15, 0.2) is 0 Å². The van der Waals surface area contributed by atoms with Crippen molar-refractivity contribution in [1.29, 1.82) is 0 Å². The Morgan fingerprint density at radius 2 is 1.85 bits per heavy atom. The minimum absolute atomic E-state index is 0.0187. The van der Waals surface area contributed by atoms with Crippen LogP contribution >= 0.6 is 0 Å². The van der Waals surface area contributed by atoms with Crippen LogP contribution in [0.3, 0.4) is 0 Å². The van der Waals surface area contributed by atoms with Crippen molar-refractivity contribution in [2.45, 2.75) is 13.0 Å². The smallest absolute Gasteiger partial charge is 0.293 e. The topological polar surface area (TPSA) is 66.6 Å². The number of aliphatic hydroxyl groups is 1. The molecular formula is C15H16N2O3. The fourth-order valence-corrected chi connectivity index (χ4v) is 2.02. The van der Waals surface area contributed by atoms with Crippen molar-refractivity contribution in [3.63, 3.8) is 0 Å². The summed E-state index contributed by atoms with van der Waals surface area (Å²) in [5.74, 6) is 0. The molecule has 0 aromatic heterocycles. The molecule has 1 atom stereocenters. The summed E-state index contributed by atoms with van der Waals surface area (Å²) in [6.45, 7) is 1.58. The van der Waals surface area contributed by atoms with Crippen LogP contribution in [-0.2, 0) is 0 Å². The molecule has 0 unspecified atom stereocenters. The van der Waals surface area contributed by atoms with Gasteiger partial charge in [-0.2, -0.15) is 0 Å². The number of benzene rings is 2. The van der Waals surface area contributed by atoms with Crippen molar-refractivity contribution < 1.29 is 10.0 Å². The van der Waals surface area contributed by atoms with E-state index in [4.69, 9.17) is 0 Å². The van der Waals surface area contributed by atoms with Gasteiger partial charge < -0.3 is 10.0 Å². The molecule has 2 aromatic carbocycles. The molecule has 0 bridgehead atoms. The first-order valence-corrected chi connectivity index (χ1v) is 6.26. The van der Waals surface area contributed by atoms with E-state index in [2.05, 4.69) is 0 Å². The zero-order valence-electron chi connectivity index (χ0n) is 11.4. The van der Waals surface area contributed by atoms with E-state index < -0.39 is 11.0 Å². The number of anilines is 2. The zero-order chi connectivity index (χ0) is 14.7. The number of aliphatic hydroxyl groups excluding tert-OH is 1. The summed E-state index contributed by atoms with van der Waals surface area (Å²) < 4.78 is 0. The summed E-state index contributed by atoms with van der Waals surface area (Å²) in [4.78, 5) is 12.6. The van der Waals surface area contributed by atoms with E-state index in [0.29, 0.717) is 11.3 Å². The van der Waals surface area contributed by atoms with Crippen molar-refractivity contribution in [3.05, 3.63) is 64.2 Å². The van der Waals surface area contributed by atoms with Crippen LogP contribution in [0.25, 0.3) is 0 Å². The quantitative estimate of drug-likeness (QED) is 0.684. The minimum atomic E-state index is -0.732. The van der Waals surface area contributed by atoms with Crippen molar-refractivity contribution in [1.82, 2.24) is 0 Å². The molecule has 0 amide bonds.